The van der Waals surface area contributed by atoms with E-state index in [-0.39, 0.29) is 10.8 Å². The third kappa shape index (κ3) is 5.43. The van der Waals surface area contributed by atoms with Crippen LogP contribution in [0.15, 0.2) is 48.5 Å². The molecule has 2 aromatic carbocycles. The van der Waals surface area contributed by atoms with Gasteiger partial charge in [0.25, 0.3) is 0 Å². The number of halogens is 2. The quantitative estimate of drug-likeness (QED) is 0.339. The predicted molar refractivity (Wildman–Crippen MR) is 128 cm³/mol. The average Bonchev–Trinajstić information content (AvgIpc) is 2.79. The number of rotatable bonds is 5. The van der Waals surface area contributed by atoms with E-state index in [1.165, 1.54) is 0 Å². The molecule has 2 heterocycles. The van der Waals surface area contributed by atoms with Crippen molar-refractivity contribution in [3.05, 3.63) is 70.2 Å². The van der Waals surface area contributed by atoms with E-state index in [1.54, 1.807) is 30.3 Å². The van der Waals surface area contributed by atoms with Gasteiger partial charge >= 0.3 is 5.97 Å². The van der Waals surface area contributed by atoms with Gasteiger partial charge in [-0.3, -0.25) is 0 Å². The summed E-state index contributed by atoms with van der Waals surface area (Å²) in [6.45, 7) is 4.84. The molecule has 0 fully saturated rings. The normalized spacial score (nSPS) is 10.3. The van der Waals surface area contributed by atoms with E-state index in [9.17, 15) is 4.79 Å². The van der Waals surface area contributed by atoms with Gasteiger partial charge in [-0.2, -0.15) is 5.26 Å². The summed E-state index contributed by atoms with van der Waals surface area (Å²) >= 11 is 11.7. The fourth-order valence-electron chi connectivity index (χ4n) is 3.25. The van der Waals surface area contributed by atoms with Crippen molar-refractivity contribution in [2.45, 2.75) is 13.8 Å². The fourth-order valence-corrected chi connectivity index (χ4v) is 3.63. The van der Waals surface area contributed by atoms with E-state index in [0.717, 1.165) is 16.5 Å². The highest BCUT2D eigenvalue weighted by Gasteiger charge is 2.14. The Bertz CT molecular complexity index is 1370. The second-order valence-corrected chi connectivity index (χ2v) is 7.35. The van der Waals surface area contributed by atoms with Gasteiger partial charge in [-0.25, -0.2) is 14.8 Å². The van der Waals surface area contributed by atoms with Gasteiger partial charge in [-0.1, -0.05) is 47.5 Å². The predicted octanol–water partition coefficient (Wildman–Crippen LogP) is 6.14. The van der Waals surface area contributed by atoms with Gasteiger partial charge in [0, 0.05) is 21.5 Å². The third-order valence-corrected chi connectivity index (χ3v) is 4.90. The number of fused-ring (bicyclic) bond motifs is 2. The molecule has 0 unspecified atom stereocenters. The van der Waals surface area contributed by atoms with Crippen molar-refractivity contribution in [2.24, 2.45) is 0 Å². The van der Waals surface area contributed by atoms with Crippen LogP contribution >= 0.6 is 23.2 Å². The van der Waals surface area contributed by atoms with E-state index in [2.05, 4.69) is 9.97 Å². The first-order valence-corrected chi connectivity index (χ1v) is 10.7. The summed E-state index contributed by atoms with van der Waals surface area (Å²) in [5.41, 5.74) is 0.262. The standard InChI is InChI=1S/C12H9ClN2O.C12H10ClNO3/c1-2-16-11-5-3-4-8-9(11)6-12(13)15-10(8)7-14;1-2-17-9-5-3-4-7-8(9)6-10(13)14-11(7)12(15)16/h3-6H,2H2,1H3;3-6H,2H2,1H3,(H,15,16). The lowest BCUT2D eigenvalue weighted by atomic mass is 10.1. The highest BCUT2D eigenvalue weighted by Crippen LogP contribution is 2.30. The Kier molecular flexibility index (Phi) is 7.88. The minimum absolute atomic E-state index is 0.0611. The van der Waals surface area contributed by atoms with Gasteiger partial charge in [-0.05, 0) is 38.1 Å². The minimum Gasteiger partial charge on any atom is -0.493 e. The van der Waals surface area contributed by atoms with Gasteiger partial charge in [-0.15, -0.1) is 0 Å². The molecule has 0 aliphatic carbocycles. The lowest BCUT2D eigenvalue weighted by molar-refractivity contribution is 0.0693. The Morgan fingerprint density at radius 1 is 0.909 bits per heavy atom. The summed E-state index contributed by atoms with van der Waals surface area (Å²) in [4.78, 5) is 18.9. The SMILES string of the molecule is CCOc1cccc2c(C#N)nc(Cl)cc12.CCOc1cccc2c(C(=O)O)nc(Cl)cc12. The monoisotopic (exact) mass is 483 g/mol. The molecule has 0 radical (unpaired) electrons. The molecular weight excluding hydrogens is 465 g/mol. The first-order chi connectivity index (χ1) is 15.9. The largest absolute Gasteiger partial charge is 0.493 e. The van der Waals surface area contributed by atoms with Crippen LogP contribution in [0, 0.1) is 11.3 Å². The van der Waals surface area contributed by atoms with E-state index < -0.39 is 5.97 Å². The van der Waals surface area contributed by atoms with Crippen LogP contribution in [0.5, 0.6) is 11.5 Å². The van der Waals surface area contributed by atoms with Crippen molar-refractivity contribution in [2.75, 3.05) is 13.2 Å². The molecule has 0 saturated heterocycles. The van der Waals surface area contributed by atoms with Crippen LogP contribution in [0.3, 0.4) is 0 Å². The highest BCUT2D eigenvalue weighted by atomic mass is 35.5. The molecule has 0 aliphatic rings. The van der Waals surface area contributed by atoms with E-state index >= 15 is 0 Å². The van der Waals surface area contributed by atoms with Gasteiger partial charge in [0.2, 0.25) is 0 Å². The summed E-state index contributed by atoms with van der Waals surface area (Å²) in [6, 6.07) is 16.1. The van der Waals surface area contributed by atoms with Crippen molar-refractivity contribution in [1.29, 1.82) is 5.26 Å². The Hall–Kier alpha value is -3.60. The number of carboxylic acid groups (broad SMARTS) is 1. The molecule has 0 saturated carbocycles. The molecule has 4 aromatic rings. The number of hydrogen-bond acceptors (Lipinski definition) is 6. The zero-order chi connectivity index (χ0) is 24.0. The zero-order valence-electron chi connectivity index (χ0n) is 17.8. The van der Waals surface area contributed by atoms with Crippen LogP contribution in [0.25, 0.3) is 21.5 Å². The van der Waals surface area contributed by atoms with Crippen LogP contribution in [0.2, 0.25) is 10.3 Å². The van der Waals surface area contributed by atoms with Crippen LogP contribution < -0.4 is 9.47 Å². The summed E-state index contributed by atoms with van der Waals surface area (Å²) in [5.74, 6) is 0.226. The lowest BCUT2D eigenvalue weighted by Gasteiger charge is -2.09. The highest BCUT2D eigenvalue weighted by molar-refractivity contribution is 6.30. The van der Waals surface area contributed by atoms with Crippen molar-refractivity contribution in [3.8, 4) is 17.6 Å². The van der Waals surface area contributed by atoms with Crippen LogP contribution in [0.1, 0.15) is 30.0 Å². The molecule has 1 N–H and O–H groups in total. The maximum atomic E-state index is 11.1. The fraction of sp³-hybridized carbons (Fsp3) is 0.167. The van der Waals surface area contributed by atoms with E-state index in [0.29, 0.717) is 40.6 Å². The molecule has 7 nitrogen and oxygen atoms in total. The topological polar surface area (TPSA) is 105 Å². The number of pyridine rings is 2. The second-order valence-electron chi connectivity index (χ2n) is 6.57. The van der Waals surface area contributed by atoms with Crippen molar-refractivity contribution in [3.63, 3.8) is 0 Å². The van der Waals surface area contributed by atoms with Crippen molar-refractivity contribution < 1.29 is 19.4 Å². The average molecular weight is 484 g/mol. The molecule has 33 heavy (non-hydrogen) atoms. The summed E-state index contributed by atoms with van der Waals surface area (Å²) in [5, 5.41) is 21.2. The molecule has 0 amide bonds. The maximum absolute atomic E-state index is 11.1. The smallest absolute Gasteiger partial charge is 0.355 e. The summed E-state index contributed by atoms with van der Waals surface area (Å²) in [6.07, 6.45) is 0. The molecule has 0 spiro atoms. The Morgan fingerprint density at radius 3 is 1.94 bits per heavy atom. The minimum atomic E-state index is -1.11. The number of carboxylic acids is 1. The second kappa shape index (κ2) is 10.8. The van der Waals surface area contributed by atoms with Crippen LogP contribution in [0.4, 0.5) is 0 Å². The summed E-state index contributed by atoms with van der Waals surface area (Å²) in [7, 11) is 0. The molecule has 9 heteroatoms. The van der Waals surface area contributed by atoms with Crippen LogP contribution in [-0.2, 0) is 0 Å². The van der Waals surface area contributed by atoms with Gasteiger partial charge in [0.05, 0.1) is 13.2 Å². The Balaban J connectivity index is 0.000000186. The molecular formula is C24H19Cl2N3O4. The number of nitriles is 1. The Morgan fingerprint density at radius 2 is 1.42 bits per heavy atom. The van der Waals surface area contributed by atoms with Crippen molar-refractivity contribution in [1.82, 2.24) is 9.97 Å². The number of benzene rings is 2. The number of aromatic carboxylic acids is 1. The number of aromatic nitrogens is 2. The maximum Gasteiger partial charge on any atom is 0.355 e. The Labute approximate surface area is 200 Å². The number of nitrogens with zero attached hydrogens (tertiary/aromatic N) is 3. The van der Waals surface area contributed by atoms with E-state index in [4.69, 9.17) is 43.0 Å². The van der Waals surface area contributed by atoms with Crippen LogP contribution in [-0.4, -0.2) is 34.3 Å². The molecule has 0 bridgehead atoms. The first kappa shape index (κ1) is 24.1. The number of ether oxygens (including phenoxy) is 2. The molecule has 4 rings (SSSR count). The first-order valence-electron chi connectivity index (χ1n) is 9.97. The molecule has 0 atom stereocenters. The van der Waals surface area contributed by atoms with Gasteiger partial charge in [0.1, 0.15) is 33.6 Å². The van der Waals surface area contributed by atoms with Gasteiger partial charge in [0.15, 0.2) is 5.69 Å². The number of hydrogen-bond donors (Lipinski definition) is 1. The third-order valence-electron chi connectivity index (χ3n) is 4.51. The van der Waals surface area contributed by atoms with E-state index in [1.807, 2.05) is 38.1 Å². The summed E-state index contributed by atoms with van der Waals surface area (Å²) < 4.78 is 10.9. The molecule has 2 aromatic heterocycles. The molecule has 168 valence electrons. The lowest BCUT2D eigenvalue weighted by Crippen LogP contribution is -2.02. The molecule has 0 aliphatic heterocycles. The van der Waals surface area contributed by atoms with Crippen molar-refractivity contribution >= 4 is 50.7 Å². The van der Waals surface area contributed by atoms with Gasteiger partial charge < -0.3 is 14.6 Å². The number of carbonyl (C=O) groups is 1. The zero-order valence-corrected chi connectivity index (χ0v) is 19.3.